The third-order valence-corrected chi connectivity index (χ3v) is 4.20. The van der Waals surface area contributed by atoms with Crippen LogP contribution < -0.4 is 11.4 Å². The molecular weight excluding hydrogens is 393 g/mol. The summed E-state index contributed by atoms with van der Waals surface area (Å²) < 4.78 is 37.5. The van der Waals surface area contributed by atoms with Crippen molar-refractivity contribution in [2.24, 2.45) is 0 Å². The van der Waals surface area contributed by atoms with Gasteiger partial charge in [0.1, 0.15) is 12.2 Å². The van der Waals surface area contributed by atoms with Gasteiger partial charge in [0.25, 0.3) is 0 Å². The zero-order valence-corrected chi connectivity index (χ0v) is 15.9. The van der Waals surface area contributed by atoms with Gasteiger partial charge >= 0.3 is 17.6 Å². The number of imidazole rings is 1. The fourth-order valence-corrected chi connectivity index (χ4v) is 2.98. The Balaban J connectivity index is 2.13. The van der Waals surface area contributed by atoms with Crippen LogP contribution in [-0.2, 0) is 35.3 Å². The van der Waals surface area contributed by atoms with Gasteiger partial charge in [-0.3, -0.25) is 14.2 Å². The lowest BCUT2D eigenvalue weighted by Gasteiger charge is -2.19. The molecule has 0 aromatic carbocycles. The SMILES string of the molecule is CCC(=O)O[C@H]1O[C@@H](n2c(=O)n(COC)c3cnc(N)nc32)[C@H](OC(C)=O)[C@H]1F. The first-order chi connectivity index (χ1) is 13.8. The van der Waals surface area contributed by atoms with E-state index in [0.717, 1.165) is 11.5 Å². The summed E-state index contributed by atoms with van der Waals surface area (Å²) in [7, 11) is 1.37. The zero-order chi connectivity index (χ0) is 21.3. The number of nitrogens with zero attached hydrogens (tertiary/aromatic N) is 4. The van der Waals surface area contributed by atoms with E-state index in [1.807, 2.05) is 0 Å². The van der Waals surface area contributed by atoms with E-state index in [9.17, 15) is 18.8 Å². The normalized spacial score (nSPS) is 24.0. The lowest BCUT2D eigenvalue weighted by atomic mass is 10.2. The summed E-state index contributed by atoms with van der Waals surface area (Å²) in [6.45, 7) is 2.44. The molecule has 0 aliphatic carbocycles. The smallest absolute Gasteiger partial charge is 0.334 e. The standard InChI is InChI=1S/C16H20FN5O7/c1-4-9(24)28-14-10(17)11(27-7(2)23)13(29-14)22-12-8(5-19-15(18)20-12)21(6-26-3)16(22)25/h5,10-11,13-14H,4,6H2,1-3H3,(H2,18,19,20)/t10-,11-,13-,14+/m1/s1. The van der Waals surface area contributed by atoms with Crippen LogP contribution in [0.15, 0.2) is 11.0 Å². The molecule has 158 valence electrons. The monoisotopic (exact) mass is 413 g/mol. The number of alkyl halides is 1. The number of anilines is 1. The minimum atomic E-state index is -2.04. The Morgan fingerprint density at radius 1 is 1.38 bits per heavy atom. The molecule has 1 fully saturated rings. The summed E-state index contributed by atoms with van der Waals surface area (Å²) >= 11 is 0. The summed E-state index contributed by atoms with van der Waals surface area (Å²) in [4.78, 5) is 44.0. The van der Waals surface area contributed by atoms with E-state index in [1.165, 1.54) is 24.8 Å². The Morgan fingerprint density at radius 3 is 2.72 bits per heavy atom. The Labute approximate surface area is 163 Å². The lowest BCUT2D eigenvalue weighted by Crippen LogP contribution is -2.37. The molecule has 2 aromatic rings. The number of rotatable bonds is 6. The van der Waals surface area contributed by atoms with Crippen molar-refractivity contribution in [1.82, 2.24) is 19.1 Å². The Morgan fingerprint density at radius 2 is 2.10 bits per heavy atom. The number of hydrogen-bond donors (Lipinski definition) is 1. The van der Waals surface area contributed by atoms with Crippen LogP contribution in [0.25, 0.3) is 11.2 Å². The van der Waals surface area contributed by atoms with Gasteiger partial charge in [0.15, 0.2) is 18.0 Å². The van der Waals surface area contributed by atoms with Gasteiger partial charge < -0.3 is 24.7 Å². The molecular formula is C16H20FN5O7. The fraction of sp³-hybridized carbons (Fsp3) is 0.562. The first-order valence-electron chi connectivity index (χ1n) is 8.66. The maximum Gasteiger partial charge on any atom is 0.334 e. The van der Waals surface area contributed by atoms with Crippen LogP contribution in [0.5, 0.6) is 0 Å². The molecule has 1 saturated heterocycles. The van der Waals surface area contributed by atoms with E-state index in [4.69, 9.17) is 24.7 Å². The molecule has 0 saturated carbocycles. The van der Waals surface area contributed by atoms with E-state index in [-0.39, 0.29) is 30.3 Å². The second-order valence-corrected chi connectivity index (χ2v) is 6.19. The maximum absolute atomic E-state index is 14.9. The largest absolute Gasteiger partial charge is 0.454 e. The van der Waals surface area contributed by atoms with Crippen LogP contribution in [0.4, 0.5) is 10.3 Å². The number of aromatic nitrogens is 4. The summed E-state index contributed by atoms with van der Waals surface area (Å²) in [6.07, 6.45) is -5.48. The van der Waals surface area contributed by atoms with Crippen molar-refractivity contribution in [2.75, 3.05) is 12.8 Å². The number of esters is 2. The number of ether oxygens (including phenoxy) is 4. The number of halogens is 1. The van der Waals surface area contributed by atoms with Gasteiger partial charge in [-0.2, -0.15) is 4.98 Å². The van der Waals surface area contributed by atoms with Gasteiger partial charge in [0.05, 0.1) is 6.20 Å². The minimum absolute atomic E-state index is 0.0105. The highest BCUT2D eigenvalue weighted by molar-refractivity contribution is 5.72. The minimum Gasteiger partial charge on any atom is -0.454 e. The maximum atomic E-state index is 14.9. The van der Waals surface area contributed by atoms with Crippen LogP contribution >= 0.6 is 0 Å². The molecule has 0 unspecified atom stereocenters. The van der Waals surface area contributed by atoms with Gasteiger partial charge in [0, 0.05) is 20.5 Å². The zero-order valence-electron chi connectivity index (χ0n) is 15.9. The van der Waals surface area contributed by atoms with Crippen molar-refractivity contribution in [1.29, 1.82) is 0 Å². The molecule has 1 aliphatic heterocycles. The second-order valence-electron chi connectivity index (χ2n) is 6.19. The predicted molar refractivity (Wildman–Crippen MR) is 94.0 cm³/mol. The second kappa shape index (κ2) is 8.13. The number of nitrogen functional groups attached to an aromatic ring is 1. The fourth-order valence-electron chi connectivity index (χ4n) is 2.98. The Hall–Kier alpha value is -3.06. The van der Waals surface area contributed by atoms with Gasteiger partial charge in [-0.15, -0.1) is 0 Å². The van der Waals surface area contributed by atoms with E-state index in [2.05, 4.69) is 9.97 Å². The molecule has 1 aliphatic rings. The van der Waals surface area contributed by atoms with Crippen LogP contribution in [0.2, 0.25) is 0 Å². The van der Waals surface area contributed by atoms with Crippen LogP contribution in [0.1, 0.15) is 26.5 Å². The van der Waals surface area contributed by atoms with E-state index < -0.39 is 42.4 Å². The van der Waals surface area contributed by atoms with Gasteiger partial charge in [-0.25, -0.2) is 18.7 Å². The van der Waals surface area contributed by atoms with Crippen molar-refractivity contribution < 1.29 is 32.9 Å². The number of carbonyl (C=O) groups is 2. The average Bonchev–Trinajstić information content (AvgIpc) is 3.10. The van der Waals surface area contributed by atoms with Gasteiger partial charge in [-0.1, -0.05) is 6.92 Å². The molecule has 0 amide bonds. The van der Waals surface area contributed by atoms with E-state index in [1.54, 1.807) is 0 Å². The third-order valence-electron chi connectivity index (χ3n) is 4.20. The molecule has 13 heteroatoms. The molecule has 4 atom stereocenters. The summed E-state index contributed by atoms with van der Waals surface area (Å²) in [5.41, 5.74) is 5.18. The molecule has 2 aromatic heterocycles. The van der Waals surface area contributed by atoms with Crippen LogP contribution in [-0.4, -0.2) is 56.7 Å². The number of hydrogen-bond acceptors (Lipinski definition) is 10. The highest BCUT2D eigenvalue weighted by atomic mass is 19.1. The quantitative estimate of drug-likeness (QED) is 0.634. The molecule has 2 N–H and O–H groups in total. The first-order valence-corrected chi connectivity index (χ1v) is 8.66. The molecule has 0 bridgehead atoms. The molecule has 29 heavy (non-hydrogen) atoms. The van der Waals surface area contributed by atoms with E-state index in [0.29, 0.717) is 0 Å². The van der Waals surface area contributed by atoms with Gasteiger partial charge in [0.2, 0.25) is 18.4 Å². The van der Waals surface area contributed by atoms with Crippen molar-refractivity contribution in [3.05, 3.63) is 16.7 Å². The van der Waals surface area contributed by atoms with Crippen LogP contribution in [0, 0.1) is 0 Å². The molecule has 12 nitrogen and oxygen atoms in total. The van der Waals surface area contributed by atoms with Crippen molar-refractivity contribution in [2.45, 2.75) is 51.8 Å². The molecule has 0 radical (unpaired) electrons. The summed E-state index contributed by atoms with van der Waals surface area (Å²) in [5.74, 6) is -1.68. The van der Waals surface area contributed by atoms with Crippen molar-refractivity contribution in [3.63, 3.8) is 0 Å². The molecule has 0 spiro atoms. The lowest BCUT2D eigenvalue weighted by molar-refractivity contribution is -0.188. The predicted octanol–water partition coefficient (Wildman–Crippen LogP) is -0.143. The highest BCUT2D eigenvalue weighted by Gasteiger charge is 2.51. The summed E-state index contributed by atoms with van der Waals surface area (Å²) in [6, 6.07) is 0. The number of carbonyl (C=O) groups excluding carboxylic acids is 2. The first kappa shape index (κ1) is 20.7. The van der Waals surface area contributed by atoms with E-state index >= 15 is 0 Å². The van der Waals surface area contributed by atoms with Crippen LogP contribution in [0.3, 0.4) is 0 Å². The number of nitrogens with two attached hydrogens (primary N) is 1. The average molecular weight is 413 g/mol. The third kappa shape index (κ3) is 3.78. The topological polar surface area (TPSA) is 150 Å². The number of fused-ring (bicyclic) bond motifs is 1. The number of methoxy groups -OCH3 is 1. The molecule has 3 heterocycles. The van der Waals surface area contributed by atoms with Gasteiger partial charge in [-0.05, 0) is 0 Å². The van der Waals surface area contributed by atoms with Crippen molar-refractivity contribution >= 4 is 29.1 Å². The highest BCUT2D eigenvalue weighted by Crippen LogP contribution is 2.35. The summed E-state index contributed by atoms with van der Waals surface area (Å²) in [5, 5.41) is 0. The Bertz CT molecular complexity index is 990. The Kier molecular flexibility index (Phi) is 5.79. The van der Waals surface area contributed by atoms with Crippen molar-refractivity contribution in [3.8, 4) is 0 Å². The molecule has 3 rings (SSSR count).